The predicted molar refractivity (Wildman–Crippen MR) is 68.5 cm³/mol. The van der Waals surface area contributed by atoms with Gasteiger partial charge in [-0.15, -0.1) is 0 Å². The van der Waals surface area contributed by atoms with Crippen LogP contribution >= 0.6 is 11.6 Å². The smallest absolute Gasteiger partial charge is 0.293 e. The van der Waals surface area contributed by atoms with Gasteiger partial charge in [-0.1, -0.05) is 24.9 Å². The number of hydrogen-bond acceptors (Lipinski definition) is 3. The van der Waals surface area contributed by atoms with Gasteiger partial charge in [-0.3, -0.25) is 10.1 Å². The zero-order valence-corrected chi connectivity index (χ0v) is 10.4. The standard InChI is InChI=1S/C12H15ClN2O2/c1-2-3-8-6-11(8)14-10-5-4-9(13)7-12(10)15(16)17/h4-5,7-8,11,14H,2-3,6H2,1H3. The number of rotatable bonds is 5. The summed E-state index contributed by atoms with van der Waals surface area (Å²) in [4.78, 5) is 10.5. The summed E-state index contributed by atoms with van der Waals surface area (Å²) < 4.78 is 0. The molecule has 0 aromatic heterocycles. The molecule has 1 fully saturated rings. The highest BCUT2D eigenvalue weighted by molar-refractivity contribution is 6.30. The summed E-state index contributed by atoms with van der Waals surface area (Å²) in [5.41, 5.74) is 0.627. The first-order valence-corrected chi connectivity index (χ1v) is 6.20. The number of anilines is 1. The summed E-state index contributed by atoms with van der Waals surface area (Å²) in [6.45, 7) is 2.15. The van der Waals surface area contributed by atoms with Crippen molar-refractivity contribution in [3.8, 4) is 0 Å². The van der Waals surface area contributed by atoms with Gasteiger partial charge in [0.15, 0.2) is 0 Å². The molecule has 0 heterocycles. The van der Waals surface area contributed by atoms with Crippen molar-refractivity contribution < 1.29 is 4.92 Å². The molecule has 0 spiro atoms. The minimum atomic E-state index is -0.397. The van der Waals surface area contributed by atoms with Crippen molar-refractivity contribution in [3.63, 3.8) is 0 Å². The van der Waals surface area contributed by atoms with E-state index in [9.17, 15) is 10.1 Å². The average molecular weight is 255 g/mol. The topological polar surface area (TPSA) is 55.2 Å². The fourth-order valence-corrected chi connectivity index (χ4v) is 2.26. The van der Waals surface area contributed by atoms with Crippen LogP contribution in [-0.4, -0.2) is 11.0 Å². The van der Waals surface area contributed by atoms with Gasteiger partial charge in [0, 0.05) is 17.1 Å². The first-order valence-electron chi connectivity index (χ1n) is 5.82. The van der Waals surface area contributed by atoms with Gasteiger partial charge in [0.1, 0.15) is 5.69 Å². The van der Waals surface area contributed by atoms with Gasteiger partial charge in [-0.25, -0.2) is 0 Å². The quantitative estimate of drug-likeness (QED) is 0.641. The number of halogens is 1. The molecule has 1 N–H and O–H groups in total. The second-order valence-electron chi connectivity index (χ2n) is 4.45. The van der Waals surface area contributed by atoms with Crippen molar-refractivity contribution in [2.75, 3.05) is 5.32 Å². The predicted octanol–water partition coefficient (Wildman–Crippen LogP) is 3.85. The molecule has 17 heavy (non-hydrogen) atoms. The Kier molecular flexibility index (Phi) is 3.52. The van der Waals surface area contributed by atoms with Crippen LogP contribution in [0.25, 0.3) is 0 Å². The molecule has 1 aliphatic rings. The molecule has 1 aliphatic carbocycles. The zero-order chi connectivity index (χ0) is 12.4. The molecule has 1 aromatic carbocycles. The largest absolute Gasteiger partial charge is 0.376 e. The molecule has 2 unspecified atom stereocenters. The van der Waals surface area contributed by atoms with Crippen LogP contribution in [0.15, 0.2) is 18.2 Å². The molecule has 2 rings (SSSR count). The van der Waals surface area contributed by atoms with Crippen LogP contribution in [0.2, 0.25) is 5.02 Å². The highest BCUT2D eigenvalue weighted by atomic mass is 35.5. The summed E-state index contributed by atoms with van der Waals surface area (Å²) in [7, 11) is 0. The van der Waals surface area contributed by atoms with E-state index in [1.807, 2.05) is 0 Å². The van der Waals surface area contributed by atoms with Crippen LogP contribution in [0, 0.1) is 16.0 Å². The number of nitrogens with one attached hydrogen (secondary N) is 1. The summed E-state index contributed by atoms with van der Waals surface area (Å²) in [5, 5.41) is 14.5. The van der Waals surface area contributed by atoms with E-state index in [0.29, 0.717) is 22.7 Å². The van der Waals surface area contributed by atoms with E-state index in [1.165, 1.54) is 12.5 Å². The molecule has 2 atom stereocenters. The first-order chi connectivity index (χ1) is 8.11. The van der Waals surface area contributed by atoms with Crippen molar-refractivity contribution in [3.05, 3.63) is 33.3 Å². The van der Waals surface area contributed by atoms with Gasteiger partial charge >= 0.3 is 0 Å². The maximum atomic E-state index is 10.9. The third-order valence-electron chi connectivity index (χ3n) is 3.08. The molecular formula is C12H15ClN2O2. The SMILES string of the molecule is CCCC1CC1Nc1ccc(Cl)cc1[N+](=O)[O-]. The second-order valence-corrected chi connectivity index (χ2v) is 4.89. The Morgan fingerprint density at radius 3 is 3.00 bits per heavy atom. The number of hydrogen-bond donors (Lipinski definition) is 1. The molecule has 0 amide bonds. The molecule has 5 heteroatoms. The summed E-state index contributed by atoms with van der Waals surface area (Å²) in [6, 6.07) is 5.13. The minimum absolute atomic E-state index is 0.0552. The summed E-state index contributed by atoms with van der Waals surface area (Å²) >= 11 is 5.76. The molecule has 0 bridgehead atoms. The van der Waals surface area contributed by atoms with Crippen LogP contribution in [0.3, 0.4) is 0 Å². The van der Waals surface area contributed by atoms with E-state index < -0.39 is 4.92 Å². The van der Waals surface area contributed by atoms with Gasteiger partial charge in [-0.2, -0.15) is 0 Å². The molecule has 92 valence electrons. The monoisotopic (exact) mass is 254 g/mol. The molecule has 0 aliphatic heterocycles. The highest BCUT2D eigenvalue weighted by Gasteiger charge is 2.37. The lowest BCUT2D eigenvalue weighted by molar-refractivity contribution is -0.383. The van der Waals surface area contributed by atoms with Gasteiger partial charge in [-0.05, 0) is 30.9 Å². The Hall–Kier alpha value is -1.29. The van der Waals surface area contributed by atoms with Crippen LogP contribution < -0.4 is 5.32 Å². The summed E-state index contributed by atoms with van der Waals surface area (Å²) in [6.07, 6.45) is 3.44. The van der Waals surface area contributed by atoms with Crippen molar-refractivity contribution in [2.24, 2.45) is 5.92 Å². The minimum Gasteiger partial charge on any atom is -0.376 e. The van der Waals surface area contributed by atoms with Crippen molar-refractivity contribution in [1.29, 1.82) is 0 Å². The van der Waals surface area contributed by atoms with Crippen LogP contribution in [0.4, 0.5) is 11.4 Å². The van der Waals surface area contributed by atoms with Gasteiger partial charge < -0.3 is 5.32 Å². The van der Waals surface area contributed by atoms with Crippen LogP contribution in [0.5, 0.6) is 0 Å². The highest BCUT2D eigenvalue weighted by Crippen LogP contribution is 2.39. The molecule has 4 nitrogen and oxygen atoms in total. The van der Waals surface area contributed by atoms with Gasteiger partial charge in [0.25, 0.3) is 5.69 Å². The number of benzene rings is 1. The van der Waals surface area contributed by atoms with Crippen molar-refractivity contribution in [2.45, 2.75) is 32.2 Å². The summed E-state index contributed by atoms with van der Waals surface area (Å²) in [5.74, 6) is 0.662. The molecule has 0 saturated heterocycles. The van der Waals surface area contributed by atoms with E-state index in [2.05, 4.69) is 12.2 Å². The van der Waals surface area contributed by atoms with Crippen LogP contribution in [-0.2, 0) is 0 Å². The molecule has 0 radical (unpaired) electrons. The van der Waals surface area contributed by atoms with E-state index in [-0.39, 0.29) is 5.69 Å². The number of nitro groups is 1. The van der Waals surface area contributed by atoms with E-state index >= 15 is 0 Å². The lowest BCUT2D eigenvalue weighted by Gasteiger charge is -2.06. The normalized spacial score (nSPS) is 22.2. The first kappa shape index (κ1) is 12.2. The Morgan fingerprint density at radius 1 is 1.59 bits per heavy atom. The third kappa shape index (κ3) is 2.88. The fourth-order valence-electron chi connectivity index (χ4n) is 2.09. The lowest BCUT2D eigenvalue weighted by atomic mass is 10.2. The second kappa shape index (κ2) is 4.92. The van der Waals surface area contributed by atoms with E-state index in [0.717, 1.165) is 12.8 Å². The zero-order valence-electron chi connectivity index (χ0n) is 9.65. The number of nitro benzene ring substituents is 1. The van der Waals surface area contributed by atoms with E-state index in [4.69, 9.17) is 11.6 Å². The fraction of sp³-hybridized carbons (Fsp3) is 0.500. The lowest BCUT2D eigenvalue weighted by Crippen LogP contribution is -2.06. The van der Waals surface area contributed by atoms with E-state index in [1.54, 1.807) is 12.1 Å². The molecule has 1 aromatic rings. The molecule has 1 saturated carbocycles. The Balaban J connectivity index is 2.08. The molecular weight excluding hydrogens is 240 g/mol. The number of nitrogens with zero attached hydrogens (tertiary/aromatic N) is 1. The maximum absolute atomic E-state index is 10.9. The maximum Gasteiger partial charge on any atom is 0.293 e. The third-order valence-corrected chi connectivity index (χ3v) is 3.31. The Labute approximate surface area is 105 Å². The Morgan fingerprint density at radius 2 is 2.35 bits per heavy atom. The van der Waals surface area contributed by atoms with Gasteiger partial charge in [0.2, 0.25) is 0 Å². The van der Waals surface area contributed by atoms with Crippen LogP contribution in [0.1, 0.15) is 26.2 Å². The average Bonchev–Trinajstić information content (AvgIpc) is 2.99. The van der Waals surface area contributed by atoms with Crippen molar-refractivity contribution in [1.82, 2.24) is 0 Å². The van der Waals surface area contributed by atoms with Gasteiger partial charge in [0.05, 0.1) is 4.92 Å². The van der Waals surface area contributed by atoms with Crippen molar-refractivity contribution >= 4 is 23.0 Å². The Bertz CT molecular complexity index is 437.